The molecule has 0 aliphatic carbocycles. The maximum atomic E-state index is 15.1. The molecule has 0 spiro atoms. The minimum atomic E-state index is -3.59. The van der Waals surface area contributed by atoms with E-state index in [1.165, 1.54) is 0 Å². The predicted molar refractivity (Wildman–Crippen MR) is 104 cm³/mol. The fourth-order valence-corrected chi connectivity index (χ4v) is 2.72. The number of halogens is 4. The fourth-order valence-electron chi connectivity index (χ4n) is 2.72. The van der Waals surface area contributed by atoms with Crippen LogP contribution in [0.15, 0.2) is 24.3 Å². The highest BCUT2D eigenvalue weighted by atomic mass is 19.2. The molecule has 1 amide bonds. The second-order valence-corrected chi connectivity index (χ2v) is 8.49. The number of ether oxygens (including phenoxy) is 1. The minimum Gasteiger partial charge on any atom is -0.444 e. The van der Waals surface area contributed by atoms with E-state index in [9.17, 15) is 19.4 Å². The Morgan fingerprint density at radius 1 is 1.03 bits per heavy atom. The van der Waals surface area contributed by atoms with Crippen LogP contribution in [0.4, 0.5) is 22.4 Å². The number of nitrogens with one attached hydrogen (secondary N) is 1. The van der Waals surface area contributed by atoms with Gasteiger partial charge in [0.05, 0.1) is 17.7 Å². The quantitative estimate of drug-likeness (QED) is 0.606. The van der Waals surface area contributed by atoms with E-state index in [0.717, 1.165) is 38.1 Å². The summed E-state index contributed by atoms with van der Waals surface area (Å²) in [7, 11) is 0. The van der Waals surface area contributed by atoms with Gasteiger partial charge in [-0.3, -0.25) is 0 Å². The number of amides is 1. The number of aliphatic hydroxyl groups is 2. The van der Waals surface area contributed by atoms with Gasteiger partial charge in [0.15, 0.2) is 11.6 Å². The van der Waals surface area contributed by atoms with E-state index in [1.807, 2.05) is 5.32 Å². The molecule has 0 radical (unpaired) electrons. The van der Waals surface area contributed by atoms with Crippen LogP contribution in [0.1, 0.15) is 45.9 Å². The Morgan fingerprint density at radius 3 is 2.06 bits per heavy atom. The van der Waals surface area contributed by atoms with Gasteiger partial charge in [0, 0.05) is 5.56 Å². The number of rotatable bonds is 5. The van der Waals surface area contributed by atoms with Gasteiger partial charge >= 0.3 is 6.09 Å². The van der Waals surface area contributed by atoms with Crippen molar-refractivity contribution in [1.82, 2.24) is 10.3 Å². The number of hydrogen-bond donors (Lipinski definition) is 3. The van der Waals surface area contributed by atoms with E-state index in [0.29, 0.717) is 0 Å². The summed E-state index contributed by atoms with van der Waals surface area (Å²) < 4.78 is 63.3. The molecule has 0 bridgehead atoms. The third-order valence-electron chi connectivity index (χ3n) is 4.04. The second kappa shape index (κ2) is 8.43. The van der Waals surface area contributed by atoms with Crippen molar-refractivity contribution in [2.45, 2.75) is 51.7 Å². The summed E-state index contributed by atoms with van der Waals surface area (Å²) in [5.74, 6) is -7.18. The number of carbonyl (C=O) groups is 1. The van der Waals surface area contributed by atoms with Gasteiger partial charge in [-0.25, -0.2) is 27.3 Å². The molecule has 2 rings (SSSR count). The first kappa shape index (κ1) is 24.5. The number of alkyl carbamates (subject to hydrolysis) is 1. The number of nitrogens with zero attached hydrogens (tertiary/aromatic N) is 1. The number of carbonyl (C=O) groups excluding carboxylic acids is 1. The molecule has 1 unspecified atom stereocenters. The highest BCUT2D eigenvalue weighted by molar-refractivity contribution is 5.68. The Morgan fingerprint density at radius 2 is 1.58 bits per heavy atom. The summed E-state index contributed by atoms with van der Waals surface area (Å²) in [5.41, 5.74) is -5.94. The summed E-state index contributed by atoms with van der Waals surface area (Å²) in [4.78, 5) is 15.3. The highest BCUT2D eigenvalue weighted by Gasteiger charge is 2.40. The van der Waals surface area contributed by atoms with Crippen LogP contribution < -0.4 is 5.32 Å². The van der Waals surface area contributed by atoms with Gasteiger partial charge < -0.3 is 20.3 Å². The van der Waals surface area contributed by atoms with Crippen LogP contribution in [0.2, 0.25) is 0 Å². The van der Waals surface area contributed by atoms with E-state index in [-0.39, 0.29) is 5.56 Å². The molecule has 2 aromatic rings. The molecule has 0 saturated heterocycles. The largest absolute Gasteiger partial charge is 0.444 e. The Bertz CT molecular complexity index is 965. The van der Waals surface area contributed by atoms with Crippen LogP contribution in [0, 0.1) is 17.5 Å². The Hall–Kier alpha value is -2.72. The van der Waals surface area contributed by atoms with Crippen LogP contribution in [0.25, 0.3) is 11.3 Å². The standard InChI is InChI=1S/C21H24F4N2O4/c1-19(2,3)31-18(28)26-10-21(25,30)17-15(24)13(20(4,5)29)14(23)16(27-17)11-6-8-12(22)9-7-11/h6-9,29-30H,10H2,1-5H3,(H,26,28). The van der Waals surface area contributed by atoms with E-state index in [2.05, 4.69) is 4.98 Å². The number of aromatic nitrogens is 1. The first-order valence-corrected chi connectivity index (χ1v) is 9.29. The Balaban J connectivity index is 2.56. The SMILES string of the molecule is CC(C)(C)OC(=O)NCC(O)(F)c1nc(-c2ccc(F)cc2)c(F)c(C(C)(C)O)c1F. The lowest BCUT2D eigenvalue weighted by Crippen LogP contribution is -2.42. The van der Waals surface area contributed by atoms with Crippen molar-refractivity contribution < 1.29 is 37.3 Å². The summed E-state index contributed by atoms with van der Waals surface area (Å²) in [6.07, 6.45) is -1.09. The molecular weight excluding hydrogens is 420 g/mol. The lowest BCUT2D eigenvalue weighted by Gasteiger charge is -2.26. The molecular formula is C21H24F4N2O4. The maximum Gasteiger partial charge on any atom is 0.407 e. The third-order valence-corrected chi connectivity index (χ3v) is 4.04. The van der Waals surface area contributed by atoms with Crippen LogP contribution in [-0.4, -0.2) is 33.4 Å². The average molecular weight is 444 g/mol. The summed E-state index contributed by atoms with van der Waals surface area (Å²) >= 11 is 0. The van der Waals surface area contributed by atoms with Crippen molar-refractivity contribution in [3.63, 3.8) is 0 Å². The highest BCUT2D eigenvalue weighted by Crippen LogP contribution is 2.36. The molecule has 6 nitrogen and oxygen atoms in total. The fraction of sp³-hybridized carbons (Fsp3) is 0.429. The Kier molecular flexibility index (Phi) is 6.67. The molecule has 1 aromatic carbocycles. The molecule has 0 aliphatic heterocycles. The molecule has 1 atom stereocenters. The number of hydrogen-bond acceptors (Lipinski definition) is 5. The minimum absolute atomic E-state index is 0.0541. The van der Waals surface area contributed by atoms with Crippen molar-refractivity contribution in [2.75, 3.05) is 6.54 Å². The van der Waals surface area contributed by atoms with Crippen molar-refractivity contribution in [1.29, 1.82) is 0 Å². The molecule has 0 aliphatic rings. The summed E-state index contributed by atoms with van der Waals surface area (Å²) in [5, 5.41) is 22.4. The molecule has 3 N–H and O–H groups in total. The van der Waals surface area contributed by atoms with Gasteiger partial charge in [-0.1, -0.05) is 0 Å². The predicted octanol–water partition coefficient (Wildman–Crippen LogP) is 4.03. The smallest absolute Gasteiger partial charge is 0.407 e. The van der Waals surface area contributed by atoms with Gasteiger partial charge in [-0.05, 0) is 58.9 Å². The maximum absolute atomic E-state index is 15.1. The molecule has 170 valence electrons. The molecule has 1 heterocycles. The van der Waals surface area contributed by atoms with Crippen LogP contribution in [0.5, 0.6) is 0 Å². The number of pyridine rings is 1. The monoisotopic (exact) mass is 444 g/mol. The van der Waals surface area contributed by atoms with E-state index in [1.54, 1.807) is 20.8 Å². The van der Waals surface area contributed by atoms with Crippen molar-refractivity contribution in [3.8, 4) is 11.3 Å². The van der Waals surface area contributed by atoms with Gasteiger partial charge in [0.25, 0.3) is 5.85 Å². The van der Waals surface area contributed by atoms with Gasteiger partial charge in [-0.15, -0.1) is 0 Å². The Labute approximate surface area is 176 Å². The molecule has 31 heavy (non-hydrogen) atoms. The van der Waals surface area contributed by atoms with E-state index < -0.39 is 64.1 Å². The van der Waals surface area contributed by atoms with Crippen LogP contribution in [-0.2, 0) is 16.2 Å². The van der Waals surface area contributed by atoms with Gasteiger partial charge in [0.2, 0.25) is 0 Å². The van der Waals surface area contributed by atoms with Crippen LogP contribution in [0.3, 0.4) is 0 Å². The zero-order chi connectivity index (χ0) is 23.8. The lowest BCUT2D eigenvalue weighted by molar-refractivity contribution is -0.0993. The van der Waals surface area contributed by atoms with Crippen molar-refractivity contribution in [3.05, 3.63) is 53.0 Å². The zero-order valence-corrected chi connectivity index (χ0v) is 17.7. The second-order valence-electron chi connectivity index (χ2n) is 8.49. The van der Waals surface area contributed by atoms with Crippen molar-refractivity contribution in [2.24, 2.45) is 0 Å². The van der Waals surface area contributed by atoms with E-state index in [4.69, 9.17) is 4.74 Å². The molecule has 10 heteroatoms. The average Bonchev–Trinajstić information content (AvgIpc) is 2.58. The van der Waals surface area contributed by atoms with Crippen molar-refractivity contribution >= 4 is 6.09 Å². The van der Waals surface area contributed by atoms with Crippen LogP contribution >= 0.6 is 0 Å². The van der Waals surface area contributed by atoms with Gasteiger partial charge in [0.1, 0.15) is 22.8 Å². The number of alkyl halides is 1. The van der Waals surface area contributed by atoms with E-state index >= 15 is 13.2 Å². The first-order chi connectivity index (χ1) is 14.0. The summed E-state index contributed by atoms with van der Waals surface area (Å²) in [6, 6.07) is 4.20. The zero-order valence-electron chi connectivity index (χ0n) is 17.7. The molecule has 0 fully saturated rings. The first-order valence-electron chi connectivity index (χ1n) is 9.29. The topological polar surface area (TPSA) is 91.7 Å². The molecule has 0 saturated carbocycles. The van der Waals surface area contributed by atoms with Gasteiger partial charge in [-0.2, -0.15) is 0 Å². The summed E-state index contributed by atoms with van der Waals surface area (Å²) in [6.45, 7) is 5.61. The number of benzene rings is 1. The third kappa shape index (κ3) is 5.92. The lowest BCUT2D eigenvalue weighted by atomic mass is 9.93. The molecule has 1 aromatic heterocycles. The normalized spacial score (nSPS) is 14.2.